The van der Waals surface area contributed by atoms with E-state index < -0.39 is 0 Å². The highest BCUT2D eigenvalue weighted by Crippen LogP contribution is 2.45. The number of anilines is 1. The van der Waals surface area contributed by atoms with E-state index in [0.717, 1.165) is 18.8 Å². The van der Waals surface area contributed by atoms with Gasteiger partial charge in [0.05, 0.1) is 12.8 Å². The molecular weight excluding hydrogens is 294 g/mol. The SMILES string of the molecule is CCOC(=O)c1cnn2c1NC(C1CCCCC1)C1CCOC12. The van der Waals surface area contributed by atoms with Gasteiger partial charge in [-0.3, -0.25) is 0 Å². The summed E-state index contributed by atoms with van der Waals surface area (Å²) in [6.45, 7) is 2.97. The van der Waals surface area contributed by atoms with Crippen LogP contribution in [0.2, 0.25) is 0 Å². The van der Waals surface area contributed by atoms with Crippen LogP contribution in [0.15, 0.2) is 6.20 Å². The molecule has 1 saturated carbocycles. The second-order valence-electron chi connectivity index (χ2n) is 6.85. The fourth-order valence-corrected chi connectivity index (χ4v) is 4.48. The van der Waals surface area contributed by atoms with Crippen LogP contribution >= 0.6 is 0 Å². The molecule has 3 unspecified atom stereocenters. The van der Waals surface area contributed by atoms with Gasteiger partial charge in [-0.05, 0) is 32.1 Å². The van der Waals surface area contributed by atoms with E-state index in [0.29, 0.717) is 30.0 Å². The summed E-state index contributed by atoms with van der Waals surface area (Å²) in [7, 11) is 0. The van der Waals surface area contributed by atoms with Gasteiger partial charge < -0.3 is 14.8 Å². The molecule has 0 bridgehead atoms. The molecular formula is C17H25N3O3. The van der Waals surface area contributed by atoms with E-state index in [1.54, 1.807) is 6.20 Å². The van der Waals surface area contributed by atoms with Crippen molar-refractivity contribution in [3.8, 4) is 0 Å². The molecule has 4 rings (SSSR count). The fourth-order valence-electron chi connectivity index (χ4n) is 4.48. The van der Waals surface area contributed by atoms with Crippen LogP contribution in [0.1, 0.15) is 62.0 Å². The maximum Gasteiger partial charge on any atom is 0.343 e. The zero-order valence-corrected chi connectivity index (χ0v) is 13.7. The highest BCUT2D eigenvalue weighted by molar-refractivity contribution is 5.94. The lowest BCUT2D eigenvalue weighted by Gasteiger charge is -2.41. The number of rotatable bonds is 3. The summed E-state index contributed by atoms with van der Waals surface area (Å²) in [5.41, 5.74) is 0.529. The maximum absolute atomic E-state index is 12.2. The van der Waals surface area contributed by atoms with Crippen molar-refractivity contribution in [2.24, 2.45) is 11.8 Å². The standard InChI is InChI=1S/C17H25N3O3/c1-2-22-17(21)13-10-18-20-15(13)19-14(11-6-4-3-5-7-11)12-8-9-23-16(12)20/h10-12,14,16,19H,2-9H2,1H3. The Morgan fingerprint density at radius 1 is 1.39 bits per heavy atom. The number of carbonyl (C=O) groups is 1. The third kappa shape index (κ3) is 2.53. The number of nitrogens with zero attached hydrogens (tertiary/aromatic N) is 2. The highest BCUT2D eigenvalue weighted by atomic mass is 16.5. The molecule has 1 aliphatic carbocycles. The molecule has 2 aliphatic heterocycles. The van der Waals surface area contributed by atoms with Crippen molar-refractivity contribution < 1.29 is 14.3 Å². The van der Waals surface area contributed by atoms with Gasteiger partial charge in [-0.15, -0.1) is 0 Å². The molecule has 0 spiro atoms. The molecule has 1 aromatic rings. The van der Waals surface area contributed by atoms with Crippen LogP contribution in [0.3, 0.4) is 0 Å². The van der Waals surface area contributed by atoms with E-state index in [-0.39, 0.29) is 12.2 Å². The van der Waals surface area contributed by atoms with E-state index in [1.807, 2.05) is 11.6 Å². The van der Waals surface area contributed by atoms with Crippen LogP contribution in [0.5, 0.6) is 0 Å². The lowest BCUT2D eigenvalue weighted by Crippen LogP contribution is -2.45. The number of carbonyl (C=O) groups excluding carboxylic acids is 1. The Morgan fingerprint density at radius 3 is 3.00 bits per heavy atom. The number of nitrogens with one attached hydrogen (secondary N) is 1. The minimum absolute atomic E-state index is 0.0404. The van der Waals surface area contributed by atoms with Crippen LogP contribution in [-0.2, 0) is 9.47 Å². The molecule has 3 heterocycles. The van der Waals surface area contributed by atoms with Gasteiger partial charge in [0.15, 0.2) is 6.23 Å². The van der Waals surface area contributed by atoms with E-state index in [9.17, 15) is 4.79 Å². The summed E-state index contributed by atoms with van der Waals surface area (Å²) in [5, 5.41) is 8.06. The van der Waals surface area contributed by atoms with Crippen LogP contribution in [0, 0.1) is 11.8 Å². The molecule has 3 atom stereocenters. The van der Waals surface area contributed by atoms with Crippen molar-refractivity contribution in [3.63, 3.8) is 0 Å². The first kappa shape index (κ1) is 15.0. The van der Waals surface area contributed by atoms with Gasteiger partial charge in [0.1, 0.15) is 11.4 Å². The van der Waals surface area contributed by atoms with Gasteiger partial charge in [-0.1, -0.05) is 19.3 Å². The Morgan fingerprint density at radius 2 is 2.22 bits per heavy atom. The molecule has 6 heteroatoms. The van der Waals surface area contributed by atoms with E-state index in [2.05, 4.69) is 10.4 Å². The van der Waals surface area contributed by atoms with Crippen molar-refractivity contribution in [1.29, 1.82) is 0 Å². The summed E-state index contributed by atoms with van der Waals surface area (Å²) in [6, 6.07) is 0.375. The van der Waals surface area contributed by atoms with Gasteiger partial charge in [-0.2, -0.15) is 5.10 Å². The largest absolute Gasteiger partial charge is 0.462 e. The smallest absolute Gasteiger partial charge is 0.343 e. The van der Waals surface area contributed by atoms with Crippen molar-refractivity contribution in [2.75, 3.05) is 18.5 Å². The number of hydrogen-bond acceptors (Lipinski definition) is 5. The molecule has 23 heavy (non-hydrogen) atoms. The first-order valence-electron chi connectivity index (χ1n) is 8.92. The Bertz CT molecular complexity index is 580. The second-order valence-corrected chi connectivity index (χ2v) is 6.85. The molecule has 6 nitrogen and oxygen atoms in total. The number of ether oxygens (including phenoxy) is 2. The molecule has 1 N–H and O–H groups in total. The molecule has 3 aliphatic rings. The van der Waals surface area contributed by atoms with Crippen molar-refractivity contribution in [1.82, 2.24) is 9.78 Å². The molecule has 0 radical (unpaired) electrons. The van der Waals surface area contributed by atoms with E-state index in [4.69, 9.17) is 9.47 Å². The third-order valence-electron chi connectivity index (χ3n) is 5.56. The van der Waals surface area contributed by atoms with E-state index >= 15 is 0 Å². The van der Waals surface area contributed by atoms with Crippen LogP contribution in [0.4, 0.5) is 5.82 Å². The van der Waals surface area contributed by atoms with Gasteiger partial charge in [0.2, 0.25) is 0 Å². The average molecular weight is 319 g/mol. The highest BCUT2D eigenvalue weighted by Gasteiger charge is 2.45. The minimum atomic E-state index is -0.305. The molecule has 1 aromatic heterocycles. The van der Waals surface area contributed by atoms with Crippen molar-refractivity contribution >= 4 is 11.8 Å². The van der Waals surface area contributed by atoms with Gasteiger partial charge in [-0.25, -0.2) is 9.48 Å². The first-order chi connectivity index (χ1) is 11.3. The lowest BCUT2D eigenvalue weighted by atomic mass is 9.77. The Kier molecular flexibility index (Phi) is 4.01. The summed E-state index contributed by atoms with van der Waals surface area (Å²) < 4.78 is 13.0. The second kappa shape index (κ2) is 6.15. The zero-order chi connectivity index (χ0) is 15.8. The van der Waals surface area contributed by atoms with Crippen LogP contribution in [-0.4, -0.2) is 35.0 Å². The van der Waals surface area contributed by atoms with Gasteiger partial charge in [0, 0.05) is 18.6 Å². The average Bonchev–Trinajstić information content (AvgIpc) is 3.21. The number of fused-ring (bicyclic) bond motifs is 3. The Balaban J connectivity index is 1.66. The van der Waals surface area contributed by atoms with Gasteiger partial charge >= 0.3 is 5.97 Å². The quantitative estimate of drug-likeness (QED) is 0.868. The predicted molar refractivity (Wildman–Crippen MR) is 85.3 cm³/mol. The summed E-state index contributed by atoms with van der Waals surface area (Å²) in [6.07, 6.45) is 9.14. The number of aromatic nitrogens is 2. The Hall–Kier alpha value is -1.56. The third-order valence-corrected chi connectivity index (χ3v) is 5.56. The molecule has 0 aromatic carbocycles. The summed E-state index contributed by atoms with van der Waals surface area (Å²) in [4.78, 5) is 12.2. The van der Waals surface area contributed by atoms with Gasteiger partial charge in [0.25, 0.3) is 0 Å². The first-order valence-corrected chi connectivity index (χ1v) is 8.92. The monoisotopic (exact) mass is 319 g/mol. The van der Waals surface area contributed by atoms with Crippen molar-refractivity contribution in [3.05, 3.63) is 11.8 Å². The molecule has 0 amide bonds. The number of hydrogen-bond donors (Lipinski definition) is 1. The zero-order valence-electron chi connectivity index (χ0n) is 13.7. The topological polar surface area (TPSA) is 65.4 Å². The van der Waals surface area contributed by atoms with Crippen molar-refractivity contribution in [2.45, 2.75) is 57.7 Å². The Labute approximate surface area is 136 Å². The van der Waals surface area contributed by atoms with Crippen LogP contribution < -0.4 is 5.32 Å². The molecule has 1 saturated heterocycles. The lowest BCUT2D eigenvalue weighted by molar-refractivity contribution is 0.00597. The van der Waals surface area contributed by atoms with E-state index in [1.165, 1.54) is 32.1 Å². The minimum Gasteiger partial charge on any atom is -0.462 e. The summed E-state index contributed by atoms with van der Waals surface area (Å²) >= 11 is 0. The van der Waals surface area contributed by atoms with Crippen LogP contribution in [0.25, 0.3) is 0 Å². The normalized spacial score (nSPS) is 30.4. The molecule has 2 fully saturated rings. The molecule has 126 valence electrons. The summed E-state index contributed by atoms with van der Waals surface area (Å²) in [5.74, 6) is 1.58. The fraction of sp³-hybridized carbons (Fsp3) is 0.765. The predicted octanol–water partition coefficient (Wildman–Crippen LogP) is 2.97. The maximum atomic E-state index is 12.2. The number of esters is 1.